The molecule has 1 aliphatic heterocycles. The SMILES string of the molecule is Cc1ccc(C(=O)C2COCC2N)s1. The van der Waals surface area contributed by atoms with E-state index in [-0.39, 0.29) is 17.7 Å². The van der Waals surface area contributed by atoms with E-state index < -0.39 is 0 Å². The summed E-state index contributed by atoms with van der Waals surface area (Å²) in [4.78, 5) is 13.9. The fourth-order valence-corrected chi connectivity index (χ4v) is 2.46. The van der Waals surface area contributed by atoms with Gasteiger partial charge in [0, 0.05) is 10.9 Å². The fourth-order valence-electron chi connectivity index (χ4n) is 1.59. The van der Waals surface area contributed by atoms with Gasteiger partial charge in [0.05, 0.1) is 24.0 Å². The van der Waals surface area contributed by atoms with Crippen molar-refractivity contribution in [3.05, 3.63) is 21.9 Å². The van der Waals surface area contributed by atoms with Crippen LogP contribution in [0.25, 0.3) is 0 Å². The van der Waals surface area contributed by atoms with Gasteiger partial charge < -0.3 is 10.5 Å². The third-order valence-corrected chi connectivity index (χ3v) is 3.46. The zero-order chi connectivity index (χ0) is 10.1. The summed E-state index contributed by atoms with van der Waals surface area (Å²) in [7, 11) is 0. The number of hydrogen-bond donors (Lipinski definition) is 1. The van der Waals surface area contributed by atoms with E-state index >= 15 is 0 Å². The Morgan fingerprint density at radius 2 is 2.36 bits per heavy atom. The molecule has 0 aliphatic carbocycles. The van der Waals surface area contributed by atoms with Gasteiger partial charge in [0.1, 0.15) is 0 Å². The number of thiophene rings is 1. The number of ketones is 1. The van der Waals surface area contributed by atoms with E-state index in [2.05, 4.69) is 0 Å². The van der Waals surface area contributed by atoms with Crippen molar-refractivity contribution >= 4 is 17.1 Å². The highest BCUT2D eigenvalue weighted by molar-refractivity contribution is 7.14. The van der Waals surface area contributed by atoms with Crippen molar-refractivity contribution in [3.63, 3.8) is 0 Å². The van der Waals surface area contributed by atoms with E-state index in [0.717, 1.165) is 9.75 Å². The van der Waals surface area contributed by atoms with Gasteiger partial charge in [-0.1, -0.05) is 0 Å². The number of aryl methyl sites for hydroxylation is 1. The molecule has 1 aliphatic rings. The van der Waals surface area contributed by atoms with Crippen LogP contribution >= 0.6 is 11.3 Å². The molecule has 0 aromatic carbocycles. The zero-order valence-electron chi connectivity index (χ0n) is 8.03. The van der Waals surface area contributed by atoms with Crippen molar-refractivity contribution in [2.45, 2.75) is 13.0 Å². The highest BCUT2D eigenvalue weighted by atomic mass is 32.1. The average molecular weight is 211 g/mol. The number of Topliss-reactive ketones (excluding diaryl/α,β-unsaturated/α-hetero) is 1. The maximum atomic E-state index is 11.9. The molecule has 14 heavy (non-hydrogen) atoms. The van der Waals surface area contributed by atoms with E-state index in [1.807, 2.05) is 19.1 Å². The Morgan fingerprint density at radius 3 is 2.86 bits per heavy atom. The van der Waals surface area contributed by atoms with Gasteiger partial charge in [0.2, 0.25) is 0 Å². The summed E-state index contributed by atoms with van der Waals surface area (Å²) in [5, 5.41) is 0. The van der Waals surface area contributed by atoms with Gasteiger partial charge in [-0.3, -0.25) is 4.79 Å². The first-order valence-corrected chi connectivity index (χ1v) is 5.44. The van der Waals surface area contributed by atoms with Gasteiger partial charge in [-0.05, 0) is 19.1 Å². The lowest BCUT2D eigenvalue weighted by Crippen LogP contribution is -2.33. The lowest BCUT2D eigenvalue weighted by atomic mass is 9.98. The highest BCUT2D eigenvalue weighted by Crippen LogP contribution is 2.23. The van der Waals surface area contributed by atoms with Crippen LogP contribution in [0.2, 0.25) is 0 Å². The topological polar surface area (TPSA) is 52.3 Å². The minimum Gasteiger partial charge on any atom is -0.379 e. The lowest BCUT2D eigenvalue weighted by Gasteiger charge is -2.09. The molecule has 0 radical (unpaired) electrons. The minimum absolute atomic E-state index is 0.133. The average Bonchev–Trinajstić information content (AvgIpc) is 2.73. The van der Waals surface area contributed by atoms with Crippen LogP contribution in [-0.4, -0.2) is 25.0 Å². The smallest absolute Gasteiger partial charge is 0.179 e. The van der Waals surface area contributed by atoms with Crippen LogP contribution in [0.1, 0.15) is 14.5 Å². The van der Waals surface area contributed by atoms with Crippen LogP contribution < -0.4 is 5.73 Å². The Hall–Kier alpha value is -0.710. The third kappa shape index (κ3) is 1.73. The largest absolute Gasteiger partial charge is 0.379 e. The molecule has 2 atom stereocenters. The molecular formula is C10H13NO2S. The summed E-state index contributed by atoms with van der Waals surface area (Å²) in [6, 6.07) is 3.69. The second-order valence-corrected chi connectivity index (χ2v) is 4.87. The molecule has 1 fully saturated rings. The highest BCUT2D eigenvalue weighted by Gasteiger charge is 2.32. The quantitative estimate of drug-likeness (QED) is 0.748. The Bertz CT molecular complexity index is 348. The zero-order valence-corrected chi connectivity index (χ0v) is 8.84. The fraction of sp³-hybridized carbons (Fsp3) is 0.500. The van der Waals surface area contributed by atoms with Gasteiger partial charge in [0.15, 0.2) is 5.78 Å². The molecule has 1 aromatic rings. The Balaban J connectivity index is 2.15. The molecule has 76 valence electrons. The van der Waals surface area contributed by atoms with Crippen molar-refractivity contribution in [1.82, 2.24) is 0 Å². The van der Waals surface area contributed by atoms with Gasteiger partial charge in [-0.25, -0.2) is 0 Å². The van der Waals surface area contributed by atoms with Crippen LogP contribution in [-0.2, 0) is 4.74 Å². The summed E-state index contributed by atoms with van der Waals surface area (Å²) in [5.74, 6) is -0.0128. The molecule has 1 saturated heterocycles. The molecule has 3 nitrogen and oxygen atoms in total. The maximum Gasteiger partial charge on any atom is 0.179 e. The maximum absolute atomic E-state index is 11.9. The van der Waals surface area contributed by atoms with Gasteiger partial charge in [-0.15, -0.1) is 11.3 Å². The molecule has 0 spiro atoms. The van der Waals surface area contributed by atoms with E-state index in [4.69, 9.17) is 10.5 Å². The van der Waals surface area contributed by atoms with Crippen molar-refractivity contribution < 1.29 is 9.53 Å². The van der Waals surface area contributed by atoms with Crippen molar-refractivity contribution in [2.24, 2.45) is 11.7 Å². The molecule has 1 aromatic heterocycles. The minimum atomic E-state index is -0.145. The summed E-state index contributed by atoms with van der Waals surface area (Å²) in [6.45, 7) is 2.96. The summed E-state index contributed by atoms with van der Waals surface area (Å²) in [6.07, 6.45) is 0. The molecule has 0 saturated carbocycles. The summed E-state index contributed by atoms with van der Waals surface area (Å²) < 4.78 is 5.18. The second-order valence-electron chi connectivity index (χ2n) is 3.58. The predicted molar refractivity (Wildman–Crippen MR) is 55.7 cm³/mol. The number of nitrogens with two attached hydrogens (primary N) is 1. The molecule has 2 unspecified atom stereocenters. The van der Waals surface area contributed by atoms with Crippen LogP contribution in [0.5, 0.6) is 0 Å². The summed E-state index contributed by atoms with van der Waals surface area (Å²) >= 11 is 1.52. The third-order valence-electron chi connectivity index (χ3n) is 2.44. The molecule has 0 bridgehead atoms. The normalized spacial score (nSPS) is 26.7. The molecule has 2 rings (SSSR count). The van der Waals surface area contributed by atoms with Crippen molar-refractivity contribution in [1.29, 1.82) is 0 Å². The lowest BCUT2D eigenvalue weighted by molar-refractivity contribution is 0.0900. The van der Waals surface area contributed by atoms with Gasteiger partial charge in [0.25, 0.3) is 0 Å². The first kappa shape index (κ1) is 9.83. The van der Waals surface area contributed by atoms with Crippen molar-refractivity contribution in [3.8, 4) is 0 Å². The van der Waals surface area contributed by atoms with E-state index in [0.29, 0.717) is 13.2 Å². The number of carbonyl (C=O) groups excluding carboxylic acids is 1. The standard InChI is InChI=1S/C10H13NO2S/c1-6-2-3-9(14-6)10(12)7-4-13-5-8(7)11/h2-3,7-8H,4-5,11H2,1H3. The second kappa shape index (κ2) is 3.81. The molecule has 4 heteroatoms. The number of rotatable bonds is 2. The van der Waals surface area contributed by atoms with Crippen LogP contribution in [0.15, 0.2) is 12.1 Å². The van der Waals surface area contributed by atoms with E-state index in [1.54, 1.807) is 0 Å². The van der Waals surface area contributed by atoms with Crippen molar-refractivity contribution in [2.75, 3.05) is 13.2 Å². The van der Waals surface area contributed by atoms with Crippen LogP contribution in [0, 0.1) is 12.8 Å². The number of carbonyl (C=O) groups is 1. The summed E-state index contributed by atoms with van der Waals surface area (Å²) in [5.41, 5.74) is 5.78. The Kier molecular flexibility index (Phi) is 2.67. The predicted octanol–water partition coefficient (Wildman–Crippen LogP) is 1.21. The Morgan fingerprint density at radius 1 is 1.57 bits per heavy atom. The molecule has 2 N–H and O–H groups in total. The van der Waals surface area contributed by atoms with E-state index in [1.165, 1.54) is 11.3 Å². The number of hydrogen-bond acceptors (Lipinski definition) is 4. The van der Waals surface area contributed by atoms with E-state index in [9.17, 15) is 4.79 Å². The molecule has 0 amide bonds. The molecular weight excluding hydrogens is 198 g/mol. The van der Waals surface area contributed by atoms with Crippen LogP contribution in [0.3, 0.4) is 0 Å². The first-order chi connectivity index (χ1) is 6.68. The van der Waals surface area contributed by atoms with Gasteiger partial charge in [-0.2, -0.15) is 0 Å². The van der Waals surface area contributed by atoms with Crippen LogP contribution in [0.4, 0.5) is 0 Å². The monoisotopic (exact) mass is 211 g/mol. The Labute approximate surface area is 86.9 Å². The number of ether oxygens (including phenoxy) is 1. The van der Waals surface area contributed by atoms with Gasteiger partial charge >= 0.3 is 0 Å². The first-order valence-electron chi connectivity index (χ1n) is 4.62. The molecule has 2 heterocycles.